The van der Waals surface area contributed by atoms with Crippen LogP contribution < -0.4 is 5.73 Å². The van der Waals surface area contributed by atoms with Gasteiger partial charge in [0.25, 0.3) is 5.69 Å². The minimum absolute atomic E-state index is 0.00966. The number of nitrogens with zero attached hydrogens (tertiary/aromatic N) is 3. The maximum absolute atomic E-state index is 11.1. The van der Waals surface area contributed by atoms with E-state index in [1.54, 1.807) is 16.8 Å². The summed E-state index contributed by atoms with van der Waals surface area (Å²) in [5.41, 5.74) is 9.03. The molecule has 2 aromatic rings. The Kier molecular flexibility index (Phi) is 4.59. The lowest BCUT2D eigenvalue weighted by molar-refractivity contribution is -0.385. The van der Waals surface area contributed by atoms with Crippen LogP contribution in [-0.4, -0.2) is 21.2 Å². The van der Waals surface area contributed by atoms with E-state index in [2.05, 4.69) is 5.10 Å². The number of nitrogens with two attached hydrogens (primary N) is 1. The second kappa shape index (κ2) is 6.24. The molecule has 0 aliphatic carbocycles. The largest absolute Gasteiger partial charge is 0.330 e. The van der Waals surface area contributed by atoms with Crippen LogP contribution in [0.1, 0.15) is 22.5 Å². The summed E-state index contributed by atoms with van der Waals surface area (Å²) in [6, 6.07) is 4.68. The van der Waals surface area contributed by atoms with E-state index in [1.807, 2.05) is 13.8 Å². The van der Waals surface area contributed by atoms with Gasteiger partial charge in [0.2, 0.25) is 0 Å². The zero-order valence-corrected chi connectivity index (χ0v) is 12.7. The van der Waals surface area contributed by atoms with E-state index in [-0.39, 0.29) is 12.2 Å². The molecule has 2 rings (SSSR count). The normalized spacial score (nSPS) is 10.9. The second-order valence-corrected chi connectivity index (χ2v) is 5.25. The Bertz CT molecular complexity index is 682. The van der Waals surface area contributed by atoms with Gasteiger partial charge in [0.15, 0.2) is 0 Å². The minimum atomic E-state index is -0.423. The molecule has 6 nitrogen and oxygen atoms in total. The smallest absolute Gasteiger partial charge is 0.275 e. The third-order valence-electron chi connectivity index (χ3n) is 3.52. The van der Waals surface area contributed by atoms with Crippen molar-refractivity contribution in [2.75, 3.05) is 6.54 Å². The Morgan fingerprint density at radius 1 is 1.38 bits per heavy atom. The lowest BCUT2D eigenvalue weighted by Gasteiger charge is -2.08. The summed E-state index contributed by atoms with van der Waals surface area (Å²) >= 11 is 6.12. The van der Waals surface area contributed by atoms with Crippen LogP contribution in [0.5, 0.6) is 0 Å². The molecule has 0 saturated heterocycles. The number of hydrogen-bond donors (Lipinski definition) is 1. The monoisotopic (exact) mass is 308 g/mol. The molecule has 0 atom stereocenters. The molecule has 0 unspecified atom stereocenters. The first kappa shape index (κ1) is 15.5. The number of nitro benzene ring substituents is 1. The second-order valence-electron chi connectivity index (χ2n) is 4.84. The Hall–Kier alpha value is -1.92. The van der Waals surface area contributed by atoms with Gasteiger partial charge in [-0.3, -0.25) is 14.8 Å². The van der Waals surface area contributed by atoms with Crippen LogP contribution in [0, 0.1) is 24.0 Å². The topological polar surface area (TPSA) is 87.0 Å². The Balaban J connectivity index is 2.44. The average molecular weight is 309 g/mol. The van der Waals surface area contributed by atoms with E-state index in [9.17, 15) is 10.1 Å². The average Bonchev–Trinajstić information content (AvgIpc) is 2.69. The fourth-order valence-corrected chi connectivity index (χ4v) is 2.65. The van der Waals surface area contributed by atoms with Gasteiger partial charge in [0.05, 0.1) is 27.7 Å². The van der Waals surface area contributed by atoms with Gasteiger partial charge in [-0.05, 0) is 38.4 Å². The van der Waals surface area contributed by atoms with Crippen molar-refractivity contribution < 1.29 is 4.92 Å². The van der Waals surface area contributed by atoms with Crippen LogP contribution in [0.25, 0.3) is 0 Å². The Morgan fingerprint density at radius 2 is 2.10 bits per heavy atom. The molecule has 7 heteroatoms. The van der Waals surface area contributed by atoms with E-state index in [0.29, 0.717) is 17.1 Å². The van der Waals surface area contributed by atoms with Crippen molar-refractivity contribution in [2.45, 2.75) is 26.8 Å². The molecule has 0 spiro atoms. The highest BCUT2D eigenvalue weighted by molar-refractivity contribution is 6.31. The molecular formula is C14H17ClN4O2. The van der Waals surface area contributed by atoms with Crippen molar-refractivity contribution in [3.8, 4) is 0 Å². The number of aromatic nitrogens is 2. The van der Waals surface area contributed by atoms with Crippen LogP contribution in [-0.2, 0) is 13.0 Å². The van der Waals surface area contributed by atoms with Gasteiger partial charge in [-0.1, -0.05) is 17.7 Å². The first-order valence-electron chi connectivity index (χ1n) is 6.60. The van der Waals surface area contributed by atoms with Crippen LogP contribution >= 0.6 is 11.6 Å². The van der Waals surface area contributed by atoms with Gasteiger partial charge < -0.3 is 5.73 Å². The molecular weight excluding hydrogens is 292 g/mol. The standard InChI is InChI=1S/C14H17ClN4O2/c1-9-11(6-7-16)10(2)18(17-9)8-12-13(15)4-3-5-14(12)19(20)21/h3-5H,6-8,16H2,1-2H3. The van der Waals surface area contributed by atoms with Gasteiger partial charge in [0, 0.05) is 11.8 Å². The summed E-state index contributed by atoms with van der Waals surface area (Å²) in [7, 11) is 0. The number of halogens is 1. The molecule has 0 saturated carbocycles. The lowest BCUT2D eigenvalue weighted by Crippen LogP contribution is -2.08. The molecule has 0 amide bonds. The Labute approximate surface area is 127 Å². The van der Waals surface area contributed by atoms with E-state index in [4.69, 9.17) is 17.3 Å². The first-order valence-corrected chi connectivity index (χ1v) is 6.98. The van der Waals surface area contributed by atoms with E-state index >= 15 is 0 Å². The fraction of sp³-hybridized carbons (Fsp3) is 0.357. The molecule has 0 aliphatic heterocycles. The van der Waals surface area contributed by atoms with Gasteiger partial charge in [-0.15, -0.1) is 0 Å². The first-order chi connectivity index (χ1) is 9.95. The van der Waals surface area contributed by atoms with E-state index in [1.165, 1.54) is 6.07 Å². The van der Waals surface area contributed by atoms with Crippen LogP contribution in [0.3, 0.4) is 0 Å². The summed E-state index contributed by atoms with van der Waals surface area (Å²) < 4.78 is 1.74. The van der Waals surface area contributed by atoms with Gasteiger partial charge >= 0.3 is 0 Å². The molecule has 1 aromatic carbocycles. The van der Waals surface area contributed by atoms with Gasteiger partial charge in [-0.2, -0.15) is 5.10 Å². The molecule has 0 bridgehead atoms. The Morgan fingerprint density at radius 3 is 2.71 bits per heavy atom. The SMILES string of the molecule is Cc1nn(Cc2c(Cl)cccc2[N+](=O)[O-])c(C)c1CCN. The number of aryl methyl sites for hydroxylation is 1. The maximum atomic E-state index is 11.1. The van der Waals surface area contributed by atoms with Crippen molar-refractivity contribution in [1.29, 1.82) is 0 Å². The van der Waals surface area contributed by atoms with Crippen molar-refractivity contribution in [1.82, 2.24) is 9.78 Å². The van der Waals surface area contributed by atoms with E-state index in [0.717, 1.165) is 23.4 Å². The number of nitro groups is 1. The van der Waals surface area contributed by atoms with E-state index < -0.39 is 4.92 Å². The van der Waals surface area contributed by atoms with Crippen molar-refractivity contribution in [2.24, 2.45) is 5.73 Å². The van der Waals surface area contributed by atoms with Crippen molar-refractivity contribution >= 4 is 17.3 Å². The molecule has 1 aromatic heterocycles. The van der Waals surface area contributed by atoms with Crippen molar-refractivity contribution in [3.05, 3.63) is 55.9 Å². The van der Waals surface area contributed by atoms with Crippen LogP contribution in [0.4, 0.5) is 5.69 Å². The highest BCUT2D eigenvalue weighted by atomic mass is 35.5. The molecule has 0 fully saturated rings. The summed E-state index contributed by atoms with van der Waals surface area (Å²) in [5, 5.41) is 15.9. The van der Waals surface area contributed by atoms with Crippen molar-refractivity contribution in [3.63, 3.8) is 0 Å². The third-order valence-corrected chi connectivity index (χ3v) is 3.88. The maximum Gasteiger partial charge on any atom is 0.275 e. The quantitative estimate of drug-likeness (QED) is 0.679. The predicted molar refractivity (Wildman–Crippen MR) is 81.7 cm³/mol. The van der Waals surface area contributed by atoms with Gasteiger partial charge in [-0.25, -0.2) is 0 Å². The highest BCUT2D eigenvalue weighted by Gasteiger charge is 2.19. The summed E-state index contributed by atoms with van der Waals surface area (Å²) in [5.74, 6) is 0. The molecule has 21 heavy (non-hydrogen) atoms. The summed E-state index contributed by atoms with van der Waals surface area (Å²) in [6.45, 7) is 4.66. The highest BCUT2D eigenvalue weighted by Crippen LogP contribution is 2.28. The number of benzene rings is 1. The van der Waals surface area contributed by atoms with Gasteiger partial charge in [0.1, 0.15) is 0 Å². The minimum Gasteiger partial charge on any atom is -0.330 e. The zero-order chi connectivity index (χ0) is 15.6. The molecule has 0 aliphatic rings. The molecule has 2 N–H and O–H groups in total. The molecule has 112 valence electrons. The predicted octanol–water partition coefficient (Wildman–Crippen LogP) is 2.61. The fourth-order valence-electron chi connectivity index (χ4n) is 2.42. The number of hydrogen-bond acceptors (Lipinski definition) is 4. The molecule has 1 heterocycles. The number of rotatable bonds is 5. The summed E-state index contributed by atoms with van der Waals surface area (Å²) in [4.78, 5) is 10.7. The van der Waals surface area contributed by atoms with Crippen LogP contribution in [0.15, 0.2) is 18.2 Å². The summed E-state index contributed by atoms with van der Waals surface area (Å²) in [6.07, 6.45) is 0.738. The molecule has 0 radical (unpaired) electrons. The third kappa shape index (κ3) is 3.06. The van der Waals surface area contributed by atoms with Crippen LogP contribution in [0.2, 0.25) is 5.02 Å². The lowest BCUT2D eigenvalue weighted by atomic mass is 10.1. The zero-order valence-electron chi connectivity index (χ0n) is 12.0.